The summed E-state index contributed by atoms with van der Waals surface area (Å²) in [5.74, 6) is 0. The molecular formula is C9H15N3S. The first-order valence-corrected chi connectivity index (χ1v) is 4.63. The van der Waals surface area contributed by atoms with Gasteiger partial charge in [0.1, 0.15) is 0 Å². The van der Waals surface area contributed by atoms with Crippen LogP contribution in [0, 0.1) is 10.2 Å². The number of nitrogens with zero attached hydrogens (tertiary/aromatic N) is 1. The fraction of sp³-hybridized carbons (Fsp3) is 0.556. The highest BCUT2D eigenvalue weighted by atomic mass is 32.1. The van der Waals surface area contributed by atoms with Gasteiger partial charge in [-0.3, -0.25) is 0 Å². The average molecular weight is 197 g/mol. The van der Waals surface area contributed by atoms with Gasteiger partial charge in [-0.25, -0.2) is 4.98 Å². The SMILES string of the molecule is CC(C)(C)Cc1[nH]c(=S)ncc1N. The second-order valence-electron chi connectivity index (χ2n) is 4.36. The number of hydrogen-bond donors (Lipinski definition) is 2. The summed E-state index contributed by atoms with van der Waals surface area (Å²) < 4.78 is 0.494. The van der Waals surface area contributed by atoms with Crippen LogP contribution < -0.4 is 5.73 Å². The molecule has 3 nitrogen and oxygen atoms in total. The standard InChI is InChI=1S/C9H15N3S/c1-9(2,3)4-7-6(10)5-11-8(13)12-7/h5H,4,10H2,1-3H3,(H,11,12,13). The molecule has 0 aliphatic rings. The number of nitrogen functional groups attached to an aromatic ring is 1. The van der Waals surface area contributed by atoms with E-state index in [1.807, 2.05) is 0 Å². The lowest BCUT2D eigenvalue weighted by atomic mass is 9.90. The predicted molar refractivity (Wildman–Crippen MR) is 57.0 cm³/mol. The minimum atomic E-state index is 0.202. The zero-order valence-electron chi connectivity index (χ0n) is 8.22. The molecule has 0 saturated carbocycles. The maximum atomic E-state index is 5.76. The van der Waals surface area contributed by atoms with Crippen molar-refractivity contribution in [2.24, 2.45) is 5.41 Å². The molecule has 0 spiro atoms. The van der Waals surface area contributed by atoms with Gasteiger partial charge in [0.25, 0.3) is 0 Å². The Balaban J connectivity index is 3.01. The molecule has 1 heterocycles. The molecule has 13 heavy (non-hydrogen) atoms. The number of anilines is 1. The Kier molecular flexibility index (Phi) is 2.71. The lowest BCUT2D eigenvalue weighted by Crippen LogP contribution is -2.12. The Hall–Kier alpha value is -0.900. The molecule has 0 aliphatic heterocycles. The third-order valence-electron chi connectivity index (χ3n) is 1.63. The zero-order valence-corrected chi connectivity index (χ0v) is 9.03. The van der Waals surface area contributed by atoms with Crippen LogP contribution in [0.3, 0.4) is 0 Å². The van der Waals surface area contributed by atoms with E-state index in [4.69, 9.17) is 18.0 Å². The molecule has 4 heteroatoms. The molecule has 3 N–H and O–H groups in total. The zero-order chi connectivity index (χ0) is 10.1. The third-order valence-corrected chi connectivity index (χ3v) is 1.84. The number of hydrogen-bond acceptors (Lipinski definition) is 3. The second-order valence-corrected chi connectivity index (χ2v) is 4.75. The molecular weight excluding hydrogens is 182 g/mol. The van der Waals surface area contributed by atoms with Crippen molar-refractivity contribution >= 4 is 17.9 Å². The summed E-state index contributed by atoms with van der Waals surface area (Å²) in [5, 5.41) is 0. The first-order valence-electron chi connectivity index (χ1n) is 4.22. The molecule has 0 aromatic carbocycles. The van der Waals surface area contributed by atoms with E-state index >= 15 is 0 Å². The van der Waals surface area contributed by atoms with Crippen LogP contribution in [0.5, 0.6) is 0 Å². The molecule has 0 fully saturated rings. The van der Waals surface area contributed by atoms with Gasteiger partial charge in [-0.1, -0.05) is 20.8 Å². The third kappa shape index (κ3) is 3.14. The topological polar surface area (TPSA) is 54.7 Å². The Labute approximate surface area is 83.4 Å². The molecule has 0 amide bonds. The minimum absolute atomic E-state index is 0.202. The van der Waals surface area contributed by atoms with Crippen LogP contribution in [0.15, 0.2) is 6.20 Å². The molecule has 0 atom stereocenters. The van der Waals surface area contributed by atoms with Crippen molar-refractivity contribution < 1.29 is 0 Å². The number of nitrogens with two attached hydrogens (primary N) is 1. The summed E-state index contributed by atoms with van der Waals surface area (Å²) in [4.78, 5) is 6.91. The van der Waals surface area contributed by atoms with Crippen molar-refractivity contribution in [2.45, 2.75) is 27.2 Å². The number of rotatable bonds is 1. The fourth-order valence-corrected chi connectivity index (χ4v) is 1.29. The van der Waals surface area contributed by atoms with Crippen LogP contribution in [-0.4, -0.2) is 9.97 Å². The second kappa shape index (κ2) is 3.46. The molecule has 0 bridgehead atoms. The van der Waals surface area contributed by atoms with Crippen LogP contribution in [-0.2, 0) is 6.42 Å². The minimum Gasteiger partial charge on any atom is -0.396 e. The monoisotopic (exact) mass is 197 g/mol. The van der Waals surface area contributed by atoms with E-state index in [0.717, 1.165) is 12.1 Å². The van der Waals surface area contributed by atoms with Crippen LogP contribution >= 0.6 is 12.2 Å². The maximum Gasteiger partial charge on any atom is 0.197 e. The number of aromatic nitrogens is 2. The molecule has 0 radical (unpaired) electrons. The highest BCUT2D eigenvalue weighted by molar-refractivity contribution is 7.71. The number of aromatic amines is 1. The van der Waals surface area contributed by atoms with Crippen molar-refractivity contribution in [3.05, 3.63) is 16.7 Å². The maximum absolute atomic E-state index is 5.76. The van der Waals surface area contributed by atoms with Crippen molar-refractivity contribution in [3.63, 3.8) is 0 Å². The summed E-state index contributed by atoms with van der Waals surface area (Å²) in [6.45, 7) is 6.47. The summed E-state index contributed by atoms with van der Waals surface area (Å²) in [7, 11) is 0. The van der Waals surface area contributed by atoms with E-state index in [1.54, 1.807) is 6.20 Å². The molecule has 0 saturated heterocycles. The van der Waals surface area contributed by atoms with E-state index < -0.39 is 0 Å². The Morgan fingerprint density at radius 2 is 2.15 bits per heavy atom. The van der Waals surface area contributed by atoms with Crippen LogP contribution in [0.4, 0.5) is 5.69 Å². The molecule has 1 rings (SSSR count). The largest absolute Gasteiger partial charge is 0.396 e. The molecule has 1 aromatic rings. The molecule has 0 aliphatic carbocycles. The van der Waals surface area contributed by atoms with Crippen LogP contribution in [0.2, 0.25) is 0 Å². The van der Waals surface area contributed by atoms with Gasteiger partial charge < -0.3 is 10.7 Å². The Morgan fingerprint density at radius 1 is 1.54 bits per heavy atom. The summed E-state index contributed by atoms with van der Waals surface area (Å²) >= 11 is 4.93. The highest BCUT2D eigenvalue weighted by Gasteiger charge is 2.13. The first kappa shape index (κ1) is 10.2. The smallest absolute Gasteiger partial charge is 0.197 e. The lowest BCUT2D eigenvalue weighted by Gasteiger charge is -2.18. The number of nitrogens with one attached hydrogen (secondary N) is 1. The van der Waals surface area contributed by atoms with E-state index in [1.165, 1.54) is 0 Å². The Bertz CT molecular complexity index is 349. The Morgan fingerprint density at radius 3 is 2.69 bits per heavy atom. The number of H-pyrrole nitrogens is 1. The molecule has 0 unspecified atom stereocenters. The average Bonchev–Trinajstić information content (AvgIpc) is 1.94. The fourth-order valence-electron chi connectivity index (χ4n) is 1.12. The normalized spacial score (nSPS) is 11.6. The van der Waals surface area contributed by atoms with Crippen molar-refractivity contribution in [3.8, 4) is 0 Å². The lowest BCUT2D eigenvalue weighted by molar-refractivity contribution is 0.406. The van der Waals surface area contributed by atoms with Gasteiger partial charge in [-0.15, -0.1) is 0 Å². The van der Waals surface area contributed by atoms with Gasteiger partial charge in [0.15, 0.2) is 4.77 Å². The van der Waals surface area contributed by atoms with E-state index in [0.29, 0.717) is 10.5 Å². The molecule has 1 aromatic heterocycles. The quantitative estimate of drug-likeness (QED) is 0.679. The first-order chi connectivity index (χ1) is 5.88. The predicted octanol–water partition coefficient (Wildman–Crippen LogP) is 2.31. The van der Waals surface area contributed by atoms with E-state index in [9.17, 15) is 0 Å². The van der Waals surface area contributed by atoms with E-state index in [-0.39, 0.29) is 5.41 Å². The van der Waals surface area contributed by atoms with Crippen molar-refractivity contribution in [2.75, 3.05) is 5.73 Å². The molecule has 72 valence electrons. The van der Waals surface area contributed by atoms with Gasteiger partial charge in [0.2, 0.25) is 0 Å². The van der Waals surface area contributed by atoms with Gasteiger partial charge in [0, 0.05) is 5.69 Å². The van der Waals surface area contributed by atoms with Gasteiger partial charge >= 0.3 is 0 Å². The van der Waals surface area contributed by atoms with Crippen molar-refractivity contribution in [1.29, 1.82) is 0 Å². The highest BCUT2D eigenvalue weighted by Crippen LogP contribution is 2.21. The van der Waals surface area contributed by atoms with E-state index in [2.05, 4.69) is 30.7 Å². The van der Waals surface area contributed by atoms with Crippen LogP contribution in [0.25, 0.3) is 0 Å². The van der Waals surface area contributed by atoms with Gasteiger partial charge in [-0.2, -0.15) is 0 Å². The van der Waals surface area contributed by atoms with Gasteiger partial charge in [-0.05, 0) is 24.1 Å². The summed E-state index contributed by atoms with van der Waals surface area (Å²) in [5.41, 5.74) is 7.62. The van der Waals surface area contributed by atoms with Gasteiger partial charge in [0.05, 0.1) is 11.9 Å². The summed E-state index contributed by atoms with van der Waals surface area (Å²) in [6, 6.07) is 0. The van der Waals surface area contributed by atoms with Crippen LogP contribution in [0.1, 0.15) is 26.5 Å². The summed E-state index contributed by atoms with van der Waals surface area (Å²) in [6.07, 6.45) is 2.49. The van der Waals surface area contributed by atoms with Crippen molar-refractivity contribution in [1.82, 2.24) is 9.97 Å².